The number of hydrogen-bond acceptors (Lipinski definition) is 3. The van der Waals surface area contributed by atoms with Gasteiger partial charge in [-0.05, 0) is 24.5 Å². The van der Waals surface area contributed by atoms with E-state index in [0.29, 0.717) is 29.3 Å². The van der Waals surface area contributed by atoms with Crippen LogP contribution >= 0.6 is 0 Å². The number of benzene rings is 1. The summed E-state index contributed by atoms with van der Waals surface area (Å²) in [6.45, 7) is 4.83. The molecule has 0 radical (unpaired) electrons. The normalized spacial score (nSPS) is 24.4. The average Bonchev–Trinajstić information content (AvgIpc) is 2.48. The van der Waals surface area contributed by atoms with E-state index in [1.165, 1.54) is 0 Å². The highest BCUT2D eigenvalue weighted by Crippen LogP contribution is 2.21. The number of nitrogens with zero attached hydrogens (tertiary/aromatic N) is 1. The van der Waals surface area contributed by atoms with E-state index in [1.807, 2.05) is 13.8 Å². The number of aliphatic hydroxyl groups excluding tert-OH is 1. The number of rotatable bonds is 3. The van der Waals surface area contributed by atoms with Crippen molar-refractivity contribution in [2.24, 2.45) is 5.92 Å². The van der Waals surface area contributed by atoms with Gasteiger partial charge in [-0.3, -0.25) is 9.00 Å². The van der Waals surface area contributed by atoms with Gasteiger partial charge in [-0.15, -0.1) is 0 Å². The SMILES string of the molecule is CCS(=O)c1ccccc1C(=O)N1CCC(C)C(O)C1. The lowest BCUT2D eigenvalue weighted by Crippen LogP contribution is -2.46. The average molecular weight is 295 g/mol. The first-order chi connectivity index (χ1) is 9.54. The molecular weight excluding hydrogens is 274 g/mol. The summed E-state index contributed by atoms with van der Waals surface area (Å²) in [6, 6.07) is 7.05. The Labute approximate surface area is 122 Å². The fraction of sp³-hybridized carbons (Fsp3) is 0.533. The smallest absolute Gasteiger partial charge is 0.255 e. The van der Waals surface area contributed by atoms with Crippen molar-refractivity contribution in [3.63, 3.8) is 0 Å². The molecule has 1 N–H and O–H groups in total. The largest absolute Gasteiger partial charge is 0.391 e. The number of amides is 1. The van der Waals surface area contributed by atoms with Crippen molar-refractivity contribution in [3.05, 3.63) is 29.8 Å². The zero-order valence-corrected chi connectivity index (χ0v) is 12.7. The summed E-state index contributed by atoms with van der Waals surface area (Å²) < 4.78 is 12.0. The highest BCUT2D eigenvalue weighted by atomic mass is 32.2. The number of carbonyl (C=O) groups is 1. The second kappa shape index (κ2) is 6.50. The van der Waals surface area contributed by atoms with Gasteiger partial charge in [0.05, 0.1) is 27.4 Å². The van der Waals surface area contributed by atoms with Crippen LogP contribution in [0.5, 0.6) is 0 Å². The highest BCUT2D eigenvalue weighted by molar-refractivity contribution is 7.85. The third kappa shape index (κ3) is 3.10. The van der Waals surface area contributed by atoms with Gasteiger partial charge in [0.2, 0.25) is 0 Å². The van der Waals surface area contributed by atoms with Gasteiger partial charge in [0.25, 0.3) is 5.91 Å². The second-order valence-electron chi connectivity index (χ2n) is 5.21. The van der Waals surface area contributed by atoms with E-state index in [0.717, 1.165) is 6.42 Å². The first kappa shape index (κ1) is 15.2. The van der Waals surface area contributed by atoms with Gasteiger partial charge in [0.15, 0.2) is 0 Å². The maximum atomic E-state index is 12.6. The van der Waals surface area contributed by atoms with Crippen LogP contribution in [0.25, 0.3) is 0 Å². The molecule has 1 aromatic rings. The van der Waals surface area contributed by atoms with E-state index in [2.05, 4.69) is 0 Å². The molecule has 20 heavy (non-hydrogen) atoms. The molecule has 1 aromatic carbocycles. The van der Waals surface area contributed by atoms with Crippen molar-refractivity contribution in [1.29, 1.82) is 0 Å². The van der Waals surface area contributed by atoms with Gasteiger partial charge in [0.1, 0.15) is 0 Å². The summed E-state index contributed by atoms with van der Waals surface area (Å²) in [7, 11) is -1.15. The Morgan fingerprint density at radius 1 is 1.45 bits per heavy atom. The molecule has 1 amide bonds. The van der Waals surface area contributed by atoms with Gasteiger partial charge in [-0.2, -0.15) is 0 Å². The Kier molecular flexibility index (Phi) is 4.94. The third-order valence-electron chi connectivity index (χ3n) is 3.83. The van der Waals surface area contributed by atoms with Gasteiger partial charge in [-0.25, -0.2) is 0 Å². The molecule has 1 aliphatic rings. The Hall–Kier alpha value is -1.20. The van der Waals surface area contributed by atoms with Gasteiger partial charge in [0, 0.05) is 18.8 Å². The van der Waals surface area contributed by atoms with Crippen LogP contribution in [-0.2, 0) is 10.8 Å². The standard InChI is InChI=1S/C15H21NO3S/c1-3-20(19)14-7-5-4-6-12(14)15(18)16-9-8-11(2)13(17)10-16/h4-7,11,13,17H,3,8-10H2,1-2H3. The summed E-state index contributed by atoms with van der Waals surface area (Å²) >= 11 is 0. The van der Waals surface area contributed by atoms with Crippen LogP contribution in [0.1, 0.15) is 30.6 Å². The molecule has 2 rings (SSSR count). The first-order valence-electron chi connectivity index (χ1n) is 6.99. The lowest BCUT2D eigenvalue weighted by molar-refractivity contribution is 0.0246. The van der Waals surface area contributed by atoms with Crippen molar-refractivity contribution in [2.75, 3.05) is 18.8 Å². The fourth-order valence-electron chi connectivity index (χ4n) is 2.40. The van der Waals surface area contributed by atoms with Gasteiger partial charge < -0.3 is 10.0 Å². The summed E-state index contributed by atoms with van der Waals surface area (Å²) in [5.41, 5.74) is 0.495. The first-order valence-corrected chi connectivity index (χ1v) is 8.31. The minimum Gasteiger partial charge on any atom is -0.391 e. The van der Waals surface area contributed by atoms with Crippen LogP contribution in [-0.4, -0.2) is 45.1 Å². The van der Waals surface area contributed by atoms with Crippen molar-refractivity contribution < 1.29 is 14.1 Å². The number of β-amino-alcohol motifs (C(OH)–C–C–N with tert-alkyl or cyclic N) is 1. The Balaban J connectivity index is 2.23. The monoisotopic (exact) mass is 295 g/mol. The molecule has 3 unspecified atom stereocenters. The third-order valence-corrected chi connectivity index (χ3v) is 5.20. The molecule has 0 spiro atoms. The van der Waals surface area contributed by atoms with Crippen LogP contribution in [0.4, 0.5) is 0 Å². The minimum absolute atomic E-state index is 0.131. The van der Waals surface area contributed by atoms with Crippen molar-refractivity contribution >= 4 is 16.7 Å². The topological polar surface area (TPSA) is 57.6 Å². The van der Waals surface area contributed by atoms with E-state index in [4.69, 9.17) is 0 Å². The summed E-state index contributed by atoms with van der Waals surface area (Å²) in [4.78, 5) is 14.8. The molecule has 110 valence electrons. The van der Waals surface area contributed by atoms with Crippen molar-refractivity contribution in [1.82, 2.24) is 4.90 Å². The van der Waals surface area contributed by atoms with E-state index < -0.39 is 16.9 Å². The van der Waals surface area contributed by atoms with Gasteiger partial charge >= 0.3 is 0 Å². The Bertz CT molecular complexity index is 518. The molecule has 1 fully saturated rings. The van der Waals surface area contributed by atoms with Crippen LogP contribution in [0.2, 0.25) is 0 Å². The predicted molar refractivity (Wildman–Crippen MR) is 79.1 cm³/mol. The van der Waals surface area contributed by atoms with E-state index >= 15 is 0 Å². The van der Waals surface area contributed by atoms with Crippen molar-refractivity contribution in [2.45, 2.75) is 31.3 Å². The molecular formula is C15H21NO3S. The van der Waals surface area contributed by atoms with E-state index in [-0.39, 0.29) is 11.8 Å². The maximum absolute atomic E-state index is 12.6. The molecule has 1 aliphatic heterocycles. The summed E-state index contributed by atoms with van der Waals surface area (Å²) in [5.74, 6) is 0.580. The number of piperidine rings is 1. The molecule has 1 heterocycles. The second-order valence-corrected chi connectivity index (χ2v) is 6.92. The lowest BCUT2D eigenvalue weighted by Gasteiger charge is -2.34. The van der Waals surface area contributed by atoms with Gasteiger partial charge in [-0.1, -0.05) is 26.0 Å². The molecule has 3 atom stereocenters. The maximum Gasteiger partial charge on any atom is 0.255 e. The quantitative estimate of drug-likeness (QED) is 0.922. The molecule has 1 saturated heterocycles. The predicted octanol–water partition coefficient (Wildman–Crippen LogP) is 1.66. The van der Waals surface area contributed by atoms with E-state index in [1.54, 1.807) is 29.2 Å². The lowest BCUT2D eigenvalue weighted by atomic mass is 9.95. The minimum atomic E-state index is -1.15. The number of likely N-dealkylation sites (tertiary alicyclic amines) is 1. The summed E-state index contributed by atoms with van der Waals surface area (Å²) in [6.07, 6.45) is 0.322. The van der Waals surface area contributed by atoms with Crippen LogP contribution < -0.4 is 0 Å². The van der Waals surface area contributed by atoms with Crippen LogP contribution in [0.15, 0.2) is 29.2 Å². The number of carbonyl (C=O) groups excluding carboxylic acids is 1. The molecule has 0 bridgehead atoms. The number of aliphatic hydroxyl groups is 1. The molecule has 0 saturated carbocycles. The van der Waals surface area contributed by atoms with Crippen molar-refractivity contribution in [3.8, 4) is 0 Å². The highest BCUT2D eigenvalue weighted by Gasteiger charge is 2.29. The molecule has 4 nitrogen and oxygen atoms in total. The van der Waals surface area contributed by atoms with E-state index in [9.17, 15) is 14.1 Å². The Morgan fingerprint density at radius 2 is 2.15 bits per heavy atom. The summed E-state index contributed by atoms with van der Waals surface area (Å²) in [5, 5.41) is 9.91. The fourth-order valence-corrected chi connectivity index (χ4v) is 3.34. The zero-order valence-electron chi connectivity index (χ0n) is 11.9. The van der Waals surface area contributed by atoms with Crippen LogP contribution in [0, 0.1) is 5.92 Å². The molecule has 0 aliphatic carbocycles. The number of hydrogen-bond donors (Lipinski definition) is 1. The Morgan fingerprint density at radius 3 is 2.80 bits per heavy atom. The molecule has 0 aromatic heterocycles. The zero-order chi connectivity index (χ0) is 14.7. The molecule has 5 heteroatoms. The van der Waals surface area contributed by atoms with Crippen LogP contribution in [0.3, 0.4) is 0 Å².